The molecule has 0 N–H and O–H groups in total. The van der Waals surface area contributed by atoms with Crippen molar-refractivity contribution in [1.29, 1.82) is 0 Å². The first-order valence-electron chi connectivity index (χ1n) is 10.7. The van der Waals surface area contributed by atoms with Crippen molar-refractivity contribution in [3.05, 3.63) is 65.5 Å². The number of likely N-dealkylation sites (N-methyl/N-ethyl adjacent to an activating group) is 1. The number of amides is 1. The fourth-order valence-electron chi connectivity index (χ4n) is 3.79. The van der Waals surface area contributed by atoms with Crippen molar-refractivity contribution >= 4 is 15.9 Å². The van der Waals surface area contributed by atoms with Crippen LogP contribution in [0.4, 0.5) is 13.2 Å². The molecular formula is C23H28F3N3O3S. The van der Waals surface area contributed by atoms with Gasteiger partial charge in [-0.05, 0) is 62.8 Å². The highest BCUT2D eigenvalue weighted by Crippen LogP contribution is 2.26. The lowest BCUT2D eigenvalue weighted by molar-refractivity contribution is -0.137. The van der Waals surface area contributed by atoms with Gasteiger partial charge in [-0.15, -0.1) is 0 Å². The van der Waals surface area contributed by atoms with E-state index in [9.17, 15) is 26.4 Å². The van der Waals surface area contributed by atoms with Gasteiger partial charge in [-0.1, -0.05) is 12.1 Å². The molecule has 3 rings (SSSR count). The first-order valence-corrected chi connectivity index (χ1v) is 12.1. The van der Waals surface area contributed by atoms with Crippen molar-refractivity contribution in [2.24, 2.45) is 5.92 Å². The minimum absolute atomic E-state index is 0.0777. The molecule has 0 spiro atoms. The van der Waals surface area contributed by atoms with E-state index in [1.807, 2.05) is 19.0 Å². The number of piperidine rings is 1. The van der Waals surface area contributed by atoms with E-state index in [4.69, 9.17) is 0 Å². The lowest BCUT2D eigenvalue weighted by Gasteiger charge is -2.34. The topological polar surface area (TPSA) is 60.9 Å². The van der Waals surface area contributed by atoms with Gasteiger partial charge < -0.3 is 9.80 Å². The monoisotopic (exact) mass is 483 g/mol. The average Bonchev–Trinajstić information content (AvgIpc) is 2.79. The van der Waals surface area contributed by atoms with E-state index in [2.05, 4.69) is 0 Å². The van der Waals surface area contributed by atoms with Crippen molar-refractivity contribution in [2.75, 3.05) is 40.3 Å². The minimum atomic E-state index is -3.99. The van der Waals surface area contributed by atoms with Crippen molar-refractivity contribution in [2.45, 2.75) is 24.3 Å². The van der Waals surface area contributed by atoms with Gasteiger partial charge in [0.15, 0.2) is 11.6 Å². The van der Waals surface area contributed by atoms with Gasteiger partial charge in [-0.2, -0.15) is 4.31 Å². The van der Waals surface area contributed by atoms with Gasteiger partial charge in [0.2, 0.25) is 15.9 Å². The highest BCUT2D eigenvalue weighted by molar-refractivity contribution is 7.89. The summed E-state index contributed by atoms with van der Waals surface area (Å²) in [6.45, 7) is 1.68. The van der Waals surface area contributed by atoms with Crippen LogP contribution in [0.3, 0.4) is 0 Å². The molecule has 1 heterocycles. The Kier molecular flexibility index (Phi) is 8.14. The number of carbonyl (C=O) groups excluding carboxylic acids is 1. The summed E-state index contributed by atoms with van der Waals surface area (Å²) < 4.78 is 66.8. The van der Waals surface area contributed by atoms with E-state index in [0.29, 0.717) is 38.5 Å². The molecule has 0 radical (unpaired) electrons. The van der Waals surface area contributed by atoms with E-state index in [1.165, 1.54) is 16.4 Å². The van der Waals surface area contributed by atoms with Crippen molar-refractivity contribution in [1.82, 2.24) is 14.1 Å². The second-order valence-corrected chi connectivity index (χ2v) is 10.4. The number of sulfonamides is 1. The zero-order chi connectivity index (χ0) is 24.2. The van der Waals surface area contributed by atoms with Gasteiger partial charge in [-0.3, -0.25) is 4.79 Å². The van der Waals surface area contributed by atoms with E-state index in [-0.39, 0.29) is 35.6 Å². The molecule has 1 saturated heterocycles. The summed E-state index contributed by atoms with van der Waals surface area (Å²) in [6.07, 6.45) is 0.646. The Morgan fingerprint density at radius 1 is 0.970 bits per heavy atom. The molecule has 0 saturated carbocycles. The van der Waals surface area contributed by atoms with E-state index >= 15 is 0 Å². The smallest absolute Gasteiger partial charge is 0.243 e. The molecule has 6 nitrogen and oxygen atoms in total. The van der Waals surface area contributed by atoms with Crippen LogP contribution in [-0.4, -0.2) is 68.7 Å². The lowest BCUT2D eigenvalue weighted by Crippen LogP contribution is -2.45. The number of hydrogen-bond acceptors (Lipinski definition) is 4. The Hall–Kier alpha value is -2.43. The zero-order valence-electron chi connectivity index (χ0n) is 18.7. The summed E-state index contributed by atoms with van der Waals surface area (Å²) >= 11 is 0. The van der Waals surface area contributed by atoms with Crippen LogP contribution in [0.15, 0.2) is 47.4 Å². The molecule has 0 unspecified atom stereocenters. The molecule has 1 aliphatic rings. The van der Waals surface area contributed by atoms with Gasteiger partial charge in [0.25, 0.3) is 0 Å². The standard InChI is InChI=1S/C23H28F3N3O3S/c1-27(2)13-14-28(16-17-3-5-19(24)6-4-17)23(30)18-9-11-29(12-10-18)33(31,32)20-7-8-21(25)22(26)15-20/h3-8,15,18H,9-14,16H2,1-2H3. The summed E-state index contributed by atoms with van der Waals surface area (Å²) in [4.78, 5) is 16.6. The third-order valence-corrected chi connectivity index (χ3v) is 7.64. The Morgan fingerprint density at radius 3 is 2.18 bits per heavy atom. The predicted molar refractivity (Wildman–Crippen MR) is 118 cm³/mol. The van der Waals surface area contributed by atoms with Crippen LogP contribution in [-0.2, 0) is 21.4 Å². The van der Waals surface area contributed by atoms with E-state index < -0.39 is 21.7 Å². The SMILES string of the molecule is CN(C)CCN(Cc1ccc(F)cc1)C(=O)C1CCN(S(=O)(=O)c2ccc(F)c(F)c2)CC1. The van der Waals surface area contributed by atoms with Crippen LogP contribution in [0.25, 0.3) is 0 Å². The van der Waals surface area contributed by atoms with Crippen LogP contribution in [0.2, 0.25) is 0 Å². The quantitative estimate of drug-likeness (QED) is 0.579. The maximum Gasteiger partial charge on any atom is 0.243 e. The molecule has 2 aromatic rings. The van der Waals surface area contributed by atoms with Crippen LogP contribution < -0.4 is 0 Å². The molecule has 0 atom stereocenters. The van der Waals surface area contributed by atoms with E-state index in [0.717, 1.165) is 17.7 Å². The fraction of sp³-hybridized carbons (Fsp3) is 0.435. The van der Waals surface area contributed by atoms with Crippen LogP contribution in [0, 0.1) is 23.4 Å². The molecule has 1 fully saturated rings. The first-order chi connectivity index (χ1) is 15.6. The highest BCUT2D eigenvalue weighted by atomic mass is 32.2. The van der Waals surface area contributed by atoms with Gasteiger partial charge in [0.1, 0.15) is 5.82 Å². The Labute approximate surface area is 192 Å². The normalized spacial score (nSPS) is 15.7. The molecule has 33 heavy (non-hydrogen) atoms. The number of hydrogen-bond donors (Lipinski definition) is 0. The van der Waals surface area contributed by atoms with Gasteiger partial charge >= 0.3 is 0 Å². The molecular weight excluding hydrogens is 455 g/mol. The Bertz CT molecular complexity index is 1070. The van der Waals surface area contributed by atoms with Crippen LogP contribution in [0.5, 0.6) is 0 Å². The summed E-state index contributed by atoms with van der Waals surface area (Å²) in [5, 5.41) is 0. The molecule has 0 bridgehead atoms. The number of benzene rings is 2. The number of rotatable bonds is 8. The Morgan fingerprint density at radius 2 is 1.61 bits per heavy atom. The number of carbonyl (C=O) groups is 1. The van der Waals surface area contributed by atoms with Crippen molar-refractivity contribution in [3.63, 3.8) is 0 Å². The number of halogens is 3. The molecule has 0 aromatic heterocycles. The molecule has 1 aliphatic heterocycles. The van der Waals surface area contributed by atoms with Gasteiger partial charge in [0, 0.05) is 38.6 Å². The summed E-state index contributed by atoms with van der Waals surface area (Å²) in [6, 6.07) is 8.49. The molecule has 1 amide bonds. The minimum Gasteiger partial charge on any atom is -0.337 e. The third-order valence-electron chi connectivity index (χ3n) is 5.75. The van der Waals surface area contributed by atoms with Crippen molar-refractivity contribution < 1.29 is 26.4 Å². The fourth-order valence-corrected chi connectivity index (χ4v) is 5.27. The first kappa shape index (κ1) is 25.2. The Balaban J connectivity index is 1.67. The second kappa shape index (κ2) is 10.7. The van der Waals surface area contributed by atoms with Crippen LogP contribution >= 0.6 is 0 Å². The molecule has 10 heteroatoms. The predicted octanol–water partition coefficient (Wildman–Crippen LogP) is 3.10. The maximum atomic E-state index is 13.5. The molecule has 2 aromatic carbocycles. The maximum absolute atomic E-state index is 13.5. The summed E-state index contributed by atoms with van der Waals surface area (Å²) in [5.41, 5.74) is 0.807. The summed E-state index contributed by atoms with van der Waals surface area (Å²) in [5.74, 6) is -3.12. The molecule has 0 aliphatic carbocycles. The third kappa shape index (κ3) is 6.33. The number of nitrogens with zero attached hydrogens (tertiary/aromatic N) is 3. The van der Waals surface area contributed by atoms with Crippen LogP contribution in [0.1, 0.15) is 18.4 Å². The summed E-state index contributed by atoms with van der Waals surface area (Å²) in [7, 11) is -0.175. The van der Waals surface area contributed by atoms with E-state index in [1.54, 1.807) is 17.0 Å². The second-order valence-electron chi connectivity index (χ2n) is 8.44. The van der Waals surface area contributed by atoms with Gasteiger partial charge in [0.05, 0.1) is 4.90 Å². The lowest BCUT2D eigenvalue weighted by atomic mass is 9.96. The zero-order valence-corrected chi connectivity index (χ0v) is 19.5. The highest BCUT2D eigenvalue weighted by Gasteiger charge is 2.34. The average molecular weight is 484 g/mol. The molecule has 180 valence electrons. The largest absolute Gasteiger partial charge is 0.337 e. The van der Waals surface area contributed by atoms with Gasteiger partial charge in [-0.25, -0.2) is 21.6 Å². The van der Waals surface area contributed by atoms with Crippen molar-refractivity contribution in [3.8, 4) is 0 Å².